The number of rotatable bonds is 4. The van der Waals surface area contributed by atoms with Crippen LogP contribution in [0.15, 0.2) is 23.1 Å². The van der Waals surface area contributed by atoms with Crippen molar-refractivity contribution in [1.29, 1.82) is 0 Å². The van der Waals surface area contributed by atoms with E-state index in [0.29, 0.717) is 6.10 Å². The fourth-order valence-electron chi connectivity index (χ4n) is 3.28. The van der Waals surface area contributed by atoms with E-state index in [1.165, 1.54) is 24.2 Å². The zero-order valence-electron chi connectivity index (χ0n) is 15.6. The Kier molecular flexibility index (Phi) is 5.24. The van der Waals surface area contributed by atoms with Crippen LogP contribution in [0.25, 0.3) is 0 Å². The molecule has 0 spiro atoms. The highest BCUT2D eigenvalue weighted by molar-refractivity contribution is 7.98. The van der Waals surface area contributed by atoms with Crippen molar-refractivity contribution in [3.63, 3.8) is 0 Å². The van der Waals surface area contributed by atoms with Crippen LogP contribution in [0.2, 0.25) is 0 Å². The molecule has 0 unspecified atom stereocenters. The van der Waals surface area contributed by atoms with E-state index in [1.807, 2.05) is 0 Å². The molecule has 0 radical (unpaired) electrons. The van der Waals surface area contributed by atoms with Gasteiger partial charge >= 0.3 is 7.12 Å². The lowest BCUT2D eigenvalue weighted by molar-refractivity contribution is 0.00578. The predicted octanol–water partition coefficient (Wildman–Crippen LogP) is 4.42. The molecule has 2 fully saturated rings. The van der Waals surface area contributed by atoms with Gasteiger partial charge in [-0.25, -0.2) is 0 Å². The molecule has 1 aliphatic carbocycles. The summed E-state index contributed by atoms with van der Waals surface area (Å²) in [6.45, 7) is 8.36. The van der Waals surface area contributed by atoms with Crippen LogP contribution in [0.4, 0.5) is 0 Å². The molecule has 1 saturated heterocycles. The van der Waals surface area contributed by atoms with Crippen molar-refractivity contribution in [2.24, 2.45) is 0 Å². The van der Waals surface area contributed by atoms with Crippen LogP contribution in [0.1, 0.15) is 59.8 Å². The van der Waals surface area contributed by atoms with Crippen molar-refractivity contribution >= 4 is 24.3 Å². The van der Waals surface area contributed by atoms with Gasteiger partial charge in [-0.05, 0) is 77.8 Å². The SMILES string of the molecule is CSc1ccc(OC2CCCCC2)c(B2OC(C)(C)C(C)(C)O2)c1. The van der Waals surface area contributed by atoms with Gasteiger partial charge in [-0.15, -0.1) is 11.8 Å². The van der Waals surface area contributed by atoms with Gasteiger partial charge in [0.15, 0.2) is 0 Å². The maximum Gasteiger partial charge on any atom is 0.498 e. The van der Waals surface area contributed by atoms with Crippen molar-refractivity contribution in [1.82, 2.24) is 0 Å². The molecule has 0 bridgehead atoms. The normalized spacial score (nSPS) is 23.5. The molecule has 0 aromatic heterocycles. The standard InChI is InChI=1S/C19H29BO3S/c1-18(2)19(3,4)23-20(22-18)16-13-15(24-5)11-12-17(16)21-14-9-7-6-8-10-14/h11-14H,6-10H2,1-5H3. The fraction of sp³-hybridized carbons (Fsp3) is 0.684. The van der Waals surface area contributed by atoms with Gasteiger partial charge in [-0.3, -0.25) is 0 Å². The Bertz CT molecular complexity index is 566. The summed E-state index contributed by atoms with van der Waals surface area (Å²) in [6.07, 6.45) is 8.55. The molecule has 1 aromatic rings. The lowest BCUT2D eigenvalue weighted by Gasteiger charge is -2.32. The summed E-state index contributed by atoms with van der Waals surface area (Å²) in [5.41, 5.74) is 0.343. The Morgan fingerprint density at radius 2 is 1.67 bits per heavy atom. The summed E-state index contributed by atoms with van der Waals surface area (Å²) in [4.78, 5) is 1.20. The topological polar surface area (TPSA) is 27.7 Å². The van der Waals surface area contributed by atoms with Crippen LogP contribution >= 0.6 is 11.8 Å². The van der Waals surface area contributed by atoms with Crippen LogP contribution in [0.3, 0.4) is 0 Å². The Labute approximate surface area is 151 Å². The molecule has 5 heteroatoms. The van der Waals surface area contributed by atoms with Crippen LogP contribution < -0.4 is 10.2 Å². The Morgan fingerprint density at radius 1 is 1.04 bits per heavy atom. The second kappa shape index (κ2) is 6.93. The summed E-state index contributed by atoms with van der Waals surface area (Å²) in [5, 5.41) is 0. The van der Waals surface area contributed by atoms with E-state index < -0.39 is 0 Å². The molecule has 3 nitrogen and oxygen atoms in total. The summed E-state index contributed by atoms with van der Waals surface area (Å²) in [6, 6.07) is 6.36. The van der Waals surface area contributed by atoms with Crippen molar-refractivity contribution < 1.29 is 14.0 Å². The highest BCUT2D eigenvalue weighted by Crippen LogP contribution is 2.37. The van der Waals surface area contributed by atoms with Gasteiger partial charge in [-0.2, -0.15) is 0 Å². The average molecular weight is 348 g/mol. The third kappa shape index (κ3) is 3.63. The zero-order chi connectivity index (χ0) is 17.4. The van der Waals surface area contributed by atoms with Gasteiger partial charge in [0.25, 0.3) is 0 Å². The highest BCUT2D eigenvalue weighted by atomic mass is 32.2. The first kappa shape index (κ1) is 18.2. The number of hydrogen-bond donors (Lipinski definition) is 0. The monoisotopic (exact) mass is 348 g/mol. The fourth-order valence-corrected chi connectivity index (χ4v) is 3.73. The molecule has 0 atom stereocenters. The molecule has 1 aliphatic heterocycles. The quantitative estimate of drug-likeness (QED) is 0.595. The molecule has 24 heavy (non-hydrogen) atoms. The maximum absolute atomic E-state index is 6.37. The molecule has 3 rings (SSSR count). The van der Waals surface area contributed by atoms with E-state index in [2.05, 4.69) is 52.1 Å². The number of thioether (sulfide) groups is 1. The van der Waals surface area contributed by atoms with Gasteiger partial charge in [-0.1, -0.05) is 6.42 Å². The third-order valence-corrected chi connectivity index (χ3v) is 6.30. The zero-order valence-corrected chi connectivity index (χ0v) is 16.4. The molecular weight excluding hydrogens is 319 g/mol. The van der Waals surface area contributed by atoms with Crippen molar-refractivity contribution in [3.05, 3.63) is 18.2 Å². The lowest BCUT2D eigenvalue weighted by atomic mass is 9.78. The maximum atomic E-state index is 6.37. The minimum absolute atomic E-state index is 0.319. The molecule has 2 aliphatic rings. The van der Waals surface area contributed by atoms with Gasteiger partial charge in [0.05, 0.1) is 17.3 Å². The first-order valence-electron chi connectivity index (χ1n) is 9.03. The second-order valence-corrected chi connectivity index (χ2v) is 8.75. The summed E-state index contributed by atoms with van der Waals surface area (Å²) in [5.74, 6) is 0.915. The number of hydrogen-bond acceptors (Lipinski definition) is 4. The third-order valence-electron chi connectivity index (χ3n) is 5.57. The smallest absolute Gasteiger partial charge is 0.491 e. The Hall–Kier alpha value is -0.645. The lowest BCUT2D eigenvalue weighted by Crippen LogP contribution is -2.41. The van der Waals surface area contributed by atoms with E-state index in [9.17, 15) is 0 Å². The van der Waals surface area contributed by atoms with Crippen molar-refractivity contribution in [2.75, 3.05) is 6.26 Å². The van der Waals surface area contributed by atoms with E-state index in [4.69, 9.17) is 14.0 Å². The molecule has 0 N–H and O–H groups in total. The minimum atomic E-state index is -0.374. The van der Waals surface area contributed by atoms with E-state index >= 15 is 0 Å². The van der Waals surface area contributed by atoms with Gasteiger partial charge < -0.3 is 14.0 Å². The van der Waals surface area contributed by atoms with Crippen LogP contribution in [0.5, 0.6) is 5.75 Å². The molecule has 1 saturated carbocycles. The van der Waals surface area contributed by atoms with Crippen molar-refractivity contribution in [3.8, 4) is 5.75 Å². The molecular formula is C19H29BO3S. The first-order chi connectivity index (χ1) is 11.3. The molecule has 1 heterocycles. The minimum Gasteiger partial charge on any atom is -0.491 e. The predicted molar refractivity (Wildman–Crippen MR) is 101 cm³/mol. The largest absolute Gasteiger partial charge is 0.498 e. The van der Waals surface area contributed by atoms with Crippen LogP contribution in [-0.4, -0.2) is 30.7 Å². The number of benzene rings is 1. The molecule has 1 aromatic carbocycles. The molecule has 132 valence electrons. The summed E-state index contributed by atoms with van der Waals surface area (Å²) in [7, 11) is -0.374. The van der Waals surface area contributed by atoms with E-state index in [-0.39, 0.29) is 18.3 Å². The van der Waals surface area contributed by atoms with Crippen LogP contribution in [0, 0.1) is 0 Å². The van der Waals surface area contributed by atoms with Gasteiger partial charge in [0, 0.05) is 10.4 Å². The Morgan fingerprint density at radius 3 is 2.25 bits per heavy atom. The van der Waals surface area contributed by atoms with Crippen molar-refractivity contribution in [2.45, 2.75) is 82.0 Å². The first-order valence-corrected chi connectivity index (χ1v) is 10.2. The summed E-state index contributed by atoms with van der Waals surface area (Å²) >= 11 is 1.73. The van der Waals surface area contributed by atoms with Crippen LogP contribution in [-0.2, 0) is 9.31 Å². The van der Waals surface area contributed by atoms with E-state index in [1.54, 1.807) is 11.8 Å². The second-order valence-electron chi connectivity index (χ2n) is 7.87. The average Bonchev–Trinajstić information content (AvgIpc) is 2.76. The molecule has 0 amide bonds. The highest BCUT2D eigenvalue weighted by Gasteiger charge is 2.52. The van der Waals surface area contributed by atoms with Gasteiger partial charge in [0.2, 0.25) is 0 Å². The van der Waals surface area contributed by atoms with Gasteiger partial charge in [0.1, 0.15) is 5.75 Å². The summed E-state index contributed by atoms with van der Waals surface area (Å²) < 4.78 is 18.9. The Balaban J connectivity index is 1.87. The van der Waals surface area contributed by atoms with E-state index in [0.717, 1.165) is 24.1 Å². The number of ether oxygens (including phenoxy) is 1.